The number of aliphatic hydroxyl groups is 1. The van der Waals surface area contributed by atoms with Gasteiger partial charge in [0, 0.05) is 36.8 Å². The van der Waals surface area contributed by atoms with Crippen LogP contribution in [-0.4, -0.2) is 70.7 Å². The summed E-state index contributed by atoms with van der Waals surface area (Å²) in [5, 5.41) is 20.1. The number of carbonyl (C=O) groups is 6. The van der Waals surface area contributed by atoms with Crippen molar-refractivity contribution in [2.24, 2.45) is 23.5 Å². The lowest BCUT2D eigenvalue weighted by Gasteiger charge is -2.31. The van der Waals surface area contributed by atoms with Gasteiger partial charge in [-0.1, -0.05) is 26.0 Å². The molecule has 7 N–H and O–H groups in total. The molecule has 13 nitrogen and oxygen atoms in total. The Morgan fingerprint density at radius 1 is 0.953 bits per heavy atom. The molecule has 43 heavy (non-hydrogen) atoms. The zero-order chi connectivity index (χ0) is 31.5. The minimum atomic E-state index is -0.959. The number of nitrogens with zero attached hydrogens (tertiary/aromatic N) is 1. The van der Waals surface area contributed by atoms with E-state index in [0.29, 0.717) is 49.9 Å². The second kappa shape index (κ2) is 15.8. The first-order chi connectivity index (χ1) is 20.5. The highest BCUT2D eigenvalue weighted by atomic mass is 16.3. The molecule has 0 radical (unpaired) electrons. The van der Waals surface area contributed by atoms with E-state index >= 15 is 0 Å². The van der Waals surface area contributed by atoms with Gasteiger partial charge in [-0.3, -0.25) is 28.9 Å². The lowest BCUT2D eigenvalue weighted by atomic mass is 9.81. The second-order valence-electron chi connectivity index (χ2n) is 11.4. The van der Waals surface area contributed by atoms with E-state index < -0.39 is 29.9 Å². The molecule has 0 bridgehead atoms. The number of aliphatic hydroxyl groups excluding tert-OH is 1. The van der Waals surface area contributed by atoms with Gasteiger partial charge < -0.3 is 32.1 Å². The molecule has 0 unspecified atom stereocenters. The maximum atomic E-state index is 13.4. The monoisotopic (exact) mass is 598 g/mol. The Morgan fingerprint density at radius 3 is 2.14 bits per heavy atom. The van der Waals surface area contributed by atoms with Crippen molar-refractivity contribution >= 4 is 41.3 Å². The van der Waals surface area contributed by atoms with Gasteiger partial charge in [0.25, 0.3) is 11.8 Å². The van der Waals surface area contributed by atoms with Crippen molar-refractivity contribution in [2.75, 3.05) is 18.4 Å². The van der Waals surface area contributed by atoms with Gasteiger partial charge in [-0.05, 0) is 68.1 Å². The van der Waals surface area contributed by atoms with Crippen LogP contribution in [0.3, 0.4) is 0 Å². The van der Waals surface area contributed by atoms with Crippen LogP contribution in [0.15, 0.2) is 36.4 Å². The highest BCUT2D eigenvalue weighted by Crippen LogP contribution is 2.30. The molecule has 7 amide bonds. The van der Waals surface area contributed by atoms with E-state index in [1.54, 1.807) is 38.1 Å². The quantitative estimate of drug-likeness (QED) is 0.135. The summed E-state index contributed by atoms with van der Waals surface area (Å²) in [4.78, 5) is 75.8. The van der Waals surface area contributed by atoms with Crippen LogP contribution in [0.5, 0.6) is 0 Å². The number of urea groups is 1. The van der Waals surface area contributed by atoms with E-state index in [1.807, 2.05) is 0 Å². The first kappa shape index (κ1) is 33.2. The average Bonchev–Trinajstić information content (AvgIpc) is 3.29. The van der Waals surface area contributed by atoms with Crippen molar-refractivity contribution in [1.29, 1.82) is 0 Å². The maximum absolute atomic E-state index is 13.4. The molecule has 1 saturated carbocycles. The molecule has 3 rings (SSSR count). The summed E-state index contributed by atoms with van der Waals surface area (Å²) >= 11 is 0. The zero-order valence-corrected chi connectivity index (χ0v) is 24.6. The number of nitrogens with two attached hydrogens (primary N) is 1. The summed E-state index contributed by atoms with van der Waals surface area (Å²) in [5.74, 6) is -2.32. The fraction of sp³-hybridized carbons (Fsp3) is 0.533. The van der Waals surface area contributed by atoms with Crippen LogP contribution in [0.25, 0.3) is 0 Å². The number of imide groups is 1. The number of benzene rings is 1. The van der Waals surface area contributed by atoms with Gasteiger partial charge in [0.1, 0.15) is 12.1 Å². The second-order valence-corrected chi connectivity index (χ2v) is 11.4. The van der Waals surface area contributed by atoms with Crippen molar-refractivity contribution in [3.8, 4) is 0 Å². The van der Waals surface area contributed by atoms with Crippen molar-refractivity contribution in [2.45, 2.75) is 71.1 Å². The molecule has 1 aromatic carbocycles. The zero-order valence-electron chi connectivity index (χ0n) is 24.6. The Morgan fingerprint density at radius 2 is 1.58 bits per heavy atom. The minimum absolute atomic E-state index is 0.115. The Hall–Kier alpha value is -4.26. The number of nitrogens with one attached hydrogen (secondary N) is 4. The summed E-state index contributed by atoms with van der Waals surface area (Å²) in [6.07, 6.45) is 5.58. The molecule has 1 fully saturated rings. The fourth-order valence-electron chi connectivity index (χ4n) is 5.25. The summed E-state index contributed by atoms with van der Waals surface area (Å²) in [5.41, 5.74) is 6.28. The van der Waals surface area contributed by atoms with E-state index in [1.165, 1.54) is 17.1 Å². The topological polar surface area (TPSA) is 200 Å². The van der Waals surface area contributed by atoms with E-state index in [9.17, 15) is 33.9 Å². The summed E-state index contributed by atoms with van der Waals surface area (Å²) in [7, 11) is 0. The molecular weight excluding hydrogens is 556 g/mol. The molecule has 0 saturated heterocycles. The molecule has 1 aliphatic heterocycles. The molecule has 13 heteroatoms. The van der Waals surface area contributed by atoms with Gasteiger partial charge in [0.2, 0.25) is 17.7 Å². The Bertz CT molecular complexity index is 1190. The molecule has 2 atom stereocenters. The normalized spacial score (nSPS) is 19.6. The minimum Gasteiger partial charge on any atom is -0.392 e. The number of hydrogen-bond acceptors (Lipinski definition) is 7. The molecule has 1 heterocycles. The number of hydrogen-bond donors (Lipinski definition) is 6. The Kier molecular flexibility index (Phi) is 12.2. The smallest absolute Gasteiger partial charge is 0.312 e. The van der Waals surface area contributed by atoms with Gasteiger partial charge >= 0.3 is 6.03 Å². The first-order valence-electron chi connectivity index (χ1n) is 14.7. The molecule has 234 valence electrons. The van der Waals surface area contributed by atoms with Gasteiger partial charge in [0.05, 0.1) is 6.61 Å². The highest BCUT2D eigenvalue weighted by molar-refractivity contribution is 6.12. The lowest BCUT2D eigenvalue weighted by Crippen LogP contribution is -2.55. The van der Waals surface area contributed by atoms with Crippen molar-refractivity contribution in [3.63, 3.8) is 0 Å². The lowest BCUT2D eigenvalue weighted by molar-refractivity contribution is -0.138. The molecule has 0 spiro atoms. The third kappa shape index (κ3) is 9.91. The first-order valence-corrected chi connectivity index (χ1v) is 14.7. The van der Waals surface area contributed by atoms with E-state index in [0.717, 1.165) is 0 Å². The van der Waals surface area contributed by atoms with Gasteiger partial charge in [-0.25, -0.2) is 4.79 Å². The molecule has 2 aliphatic rings. The highest BCUT2D eigenvalue weighted by Gasteiger charge is 2.34. The number of rotatable bonds is 14. The number of primary amides is 1. The SMILES string of the molecule is CC(C)[C@H](NC(=O)C1CCC(CN2C(=O)C=CC2=O)CC1)C(=O)N[C@@H](CCCNC(N)=O)C(=O)Nc1ccc(CO)cc1. The van der Waals surface area contributed by atoms with Crippen LogP contribution in [0.2, 0.25) is 0 Å². The largest absolute Gasteiger partial charge is 0.392 e. The Balaban J connectivity index is 1.58. The maximum Gasteiger partial charge on any atom is 0.312 e. The predicted octanol–water partition coefficient (Wildman–Crippen LogP) is 0.923. The number of amides is 7. The Labute approximate surface area is 251 Å². The van der Waals surface area contributed by atoms with Gasteiger partial charge in [0.15, 0.2) is 0 Å². The van der Waals surface area contributed by atoms with E-state index in [-0.39, 0.29) is 55.0 Å². The summed E-state index contributed by atoms with van der Waals surface area (Å²) in [6, 6.07) is 4.07. The van der Waals surface area contributed by atoms with E-state index in [2.05, 4.69) is 21.3 Å². The van der Waals surface area contributed by atoms with Crippen LogP contribution in [0.4, 0.5) is 10.5 Å². The van der Waals surface area contributed by atoms with Crippen molar-refractivity contribution in [3.05, 3.63) is 42.0 Å². The molecule has 1 aromatic rings. The molecule has 0 aromatic heterocycles. The average molecular weight is 599 g/mol. The van der Waals surface area contributed by atoms with Crippen LogP contribution in [-0.2, 0) is 30.6 Å². The predicted molar refractivity (Wildman–Crippen MR) is 158 cm³/mol. The summed E-state index contributed by atoms with van der Waals surface area (Å²) in [6.45, 7) is 4.01. The standard InChI is InChI=1S/C30H42N6O7/c1-18(2)26(35-27(40)21-9-5-19(6-10-21)16-36-24(38)13-14-25(36)39)29(42)34-23(4-3-15-32-30(31)43)28(41)33-22-11-7-20(17-37)8-12-22/h7-8,11-14,18-19,21,23,26,37H,3-6,9-10,15-17H2,1-2H3,(H,33,41)(H,34,42)(H,35,40)(H3,31,32,43)/t19?,21?,23-,26-/m0/s1. The van der Waals surface area contributed by atoms with Gasteiger partial charge in [-0.15, -0.1) is 0 Å². The van der Waals surface area contributed by atoms with Crippen LogP contribution < -0.4 is 27.0 Å². The van der Waals surface area contributed by atoms with Crippen LogP contribution in [0, 0.1) is 17.8 Å². The molecule has 1 aliphatic carbocycles. The third-order valence-electron chi connectivity index (χ3n) is 7.81. The van der Waals surface area contributed by atoms with Crippen LogP contribution >= 0.6 is 0 Å². The van der Waals surface area contributed by atoms with E-state index in [4.69, 9.17) is 5.73 Å². The fourth-order valence-corrected chi connectivity index (χ4v) is 5.25. The molecular formula is C30H42N6O7. The number of carbonyl (C=O) groups excluding carboxylic acids is 6. The number of anilines is 1. The van der Waals surface area contributed by atoms with Crippen molar-refractivity contribution in [1.82, 2.24) is 20.9 Å². The summed E-state index contributed by atoms with van der Waals surface area (Å²) < 4.78 is 0. The van der Waals surface area contributed by atoms with Crippen molar-refractivity contribution < 1.29 is 33.9 Å². The van der Waals surface area contributed by atoms with Gasteiger partial charge in [-0.2, -0.15) is 0 Å². The van der Waals surface area contributed by atoms with Crippen LogP contribution in [0.1, 0.15) is 57.9 Å². The third-order valence-corrected chi connectivity index (χ3v) is 7.81.